The first kappa shape index (κ1) is 69.2. The van der Waals surface area contributed by atoms with Gasteiger partial charge in [-0.15, -0.1) is 0 Å². The molecule has 4 aliphatic rings. The van der Waals surface area contributed by atoms with Crippen molar-refractivity contribution in [3.8, 4) is 11.5 Å². The zero-order chi connectivity index (χ0) is 70.6. The first-order valence-corrected chi connectivity index (χ1v) is 32.9. The lowest BCUT2D eigenvalue weighted by molar-refractivity contribution is -0.385. The van der Waals surface area contributed by atoms with E-state index in [1.807, 2.05) is 24.3 Å². The Kier molecular flexibility index (Phi) is 19.8. The number of rotatable bonds is 16. The number of β-lactam (4-membered cyclic amide) rings is 2. The van der Waals surface area contributed by atoms with E-state index >= 15 is 0 Å². The second kappa shape index (κ2) is 28.0. The van der Waals surface area contributed by atoms with Crippen LogP contribution in [0.15, 0.2) is 230 Å². The highest BCUT2D eigenvalue weighted by molar-refractivity contribution is 7.94. The molecule has 0 unspecified atom stereocenters. The van der Waals surface area contributed by atoms with Gasteiger partial charge in [0, 0.05) is 48.3 Å². The van der Waals surface area contributed by atoms with E-state index in [1.165, 1.54) is 94.7 Å². The highest BCUT2D eigenvalue weighted by Crippen LogP contribution is 2.53. The summed E-state index contributed by atoms with van der Waals surface area (Å²) in [6, 6.07) is 51.4. The molecule has 26 nitrogen and oxygen atoms in total. The first-order valence-electron chi connectivity index (χ1n) is 29.5. The number of nitro groups is 2. The van der Waals surface area contributed by atoms with E-state index in [2.05, 4.69) is 14.7 Å². The van der Waals surface area contributed by atoms with Crippen molar-refractivity contribution < 1.29 is 84.3 Å². The molecule has 2 aromatic heterocycles. The van der Waals surface area contributed by atoms with Crippen molar-refractivity contribution in [2.45, 2.75) is 72.2 Å². The number of carboxylic acid groups (broad SMARTS) is 1. The number of pyridine rings is 2. The summed E-state index contributed by atoms with van der Waals surface area (Å²) >= 11 is 4.92. The number of nitrogens with zero attached hydrogens (tertiary/aromatic N) is 6. The molecule has 0 radical (unpaired) electrons. The van der Waals surface area contributed by atoms with Gasteiger partial charge in [-0.05, 0) is 98.5 Å². The number of non-ortho nitro benzene ring substituents is 2. The molecule has 6 aromatic carbocycles. The number of carboxylic acids is 1. The Morgan fingerprint density at radius 2 is 0.806 bits per heavy atom. The van der Waals surface area contributed by atoms with Crippen LogP contribution in [0.25, 0.3) is 11.1 Å². The third kappa shape index (κ3) is 13.3. The first-order chi connectivity index (χ1) is 46.6. The summed E-state index contributed by atoms with van der Waals surface area (Å²) in [5, 5.41) is 27.9. The van der Waals surface area contributed by atoms with Crippen LogP contribution in [0.3, 0.4) is 0 Å². The van der Waals surface area contributed by atoms with E-state index in [9.17, 15) is 75.7 Å². The van der Waals surface area contributed by atoms with Crippen LogP contribution in [0.5, 0.6) is 11.5 Å². The van der Waals surface area contributed by atoms with Crippen LogP contribution < -0.4 is 9.47 Å². The van der Waals surface area contributed by atoms with Crippen LogP contribution in [0.2, 0.25) is 0 Å². The van der Waals surface area contributed by atoms with E-state index in [0.29, 0.717) is 22.3 Å². The Morgan fingerprint density at radius 3 is 1.11 bits per heavy atom. The maximum Gasteiger partial charge on any atom is 0.409 e. The summed E-state index contributed by atoms with van der Waals surface area (Å²) in [4.78, 5) is 121. The van der Waals surface area contributed by atoms with Gasteiger partial charge in [-0.3, -0.25) is 39.8 Å². The quantitative estimate of drug-likeness (QED) is 0.0179. The van der Waals surface area contributed by atoms with E-state index in [-0.39, 0.29) is 34.3 Å². The van der Waals surface area contributed by atoms with Crippen LogP contribution in [0.4, 0.5) is 16.2 Å². The molecule has 500 valence electrons. The Morgan fingerprint density at radius 1 is 0.490 bits per heavy atom. The second-order valence-corrected chi connectivity index (χ2v) is 28.5. The Balaban J connectivity index is 0.000000182. The molecule has 4 aliphatic heterocycles. The van der Waals surface area contributed by atoms with Gasteiger partial charge in [-0.1, -0.05) is 133 Å². The van der Waals surface area contributed by atoms with Crippen molar-refractivity contribution in [2.24, 2.45) is 0 Å². The monoisotopic (exact) mass is 1390 g/mol. The molecule has 12 rings (SSSR count). The zero-order valence-electron chi connectivity index (χ0n) is 51.8. The number of halogens is 1. The van der Waals surface area contributed by atoms with E-state index in [0.717, 1.165) is 21.9 Å². The summed E-state index contributed by atoms with van der Waals surface area (Å²) < 4.78 is 73.9. The van der Waals surface area contributed by atoms with Crippen LogP contribution >= 0.6 is 11.6 Å². The predicted octanol–water partition coefficient (Wildman–Crippen LogP) is 9.75. The zero-order valence-corrected chi connectivity index (χ0v) is 54.2. The number of hydrogen-bond donors (Lipinski definition) is 1. The summed E-state index contributed by atoms with van der Waals surface area (Å²) in [6.45, 7) is 5.37. The summed E-state index contributed by atoms with van der Waals surface area (Å²) in [6.07, 6.45) is 0.961. The standard InChI is InChI=1S/C34H27N3O9S.C28H24N2O7S.C7H4ClNO4/c1-34(2)29(33(40)46-28(21-11-5-3-6-12-21)22-13-7-4-8-14-22)36-30(38)27(31(36)47(34,43)44)26(25-15-9-10-20-35-25)32(39)45-24-18-16-23(17-19-24)37(41)42;1-28(2)23(27(34)37-22(17-11-5-3-6-12-17)18-13-7-4-8-14-18)30-24(31)21(25(30)38(28,35)36)20(26(32)33)19-15-9-10-16-29-19;8-7(10)13-6-3-1-5(2-4-6)9(11)12/h3-20,28-29,31H,1-2H3;3-16,22-23,25H,1-2H3,(H,32,33);1-4H/b27-26+;21-20+;/t29-,31+;23-,25+;/m00./s1. The van der Waals surface area contributed by atoms with Crippen molar-refractivity contribution in [2.75, 3.05) is 0 Å². The van der Waals surface area contributed by atoms with Gasteiger partial charge in [0.05, 0.1) is 43.5 Å². The number of aromatic nitrogens is 2. The molecule has 1 N–H and O–H groups in total. The number of ether oxygens (including phenoxy) is 4. The molecule has 0 aliphatic carbocycles. The third-order valence-electron chi connectivity index (χ3n) is 16.5. The molecule has 2 amide bonds. The number of nitro benzene ring substituents is 2. The van der Waals surface area contributed by atoms with E-state index < -0.39 is 137 Å². The molecule has 6 heterocycles. The van der Waals surface area contributed by atoms with Gasteiger partial charge in [-0.2, -0.15) is 0 Å². The average molecular weight is 1390 g/mol. The number of fused-ring (bicyclic) bond motifs is 2. The number of esters is 3. The lowest BCUT2D eigenvalue weighted by Crippen LogP contribution is -2.60. The second-order valence-electron chi connectivity index (χ2n) is 23.1. The van der Waals surface area contributed by atoms with Crippen molar-refractivity contribution in [3.05, 3.63) is 284 Å². The van der Waals surface area contributed by atoms with E-state index in [4.69, 9.17) is 25.8 Å². The minimum Gasteiger partial charge on any atom is -0.478 e. The minimum atomic E-state index is -4.35. The smallest absolute Gasteiger partial charge is 0.409 e. The van der Waals surface area contributed by atoms with Gasteiger partial charge in [-0.25, -0.2) is 40.8 Å². The van der Waals surface area contributed by atoms with Gasteiger partial charge < -0.3 is 33.9 Å². The summed E-state index contributed by atoms with van der Waals surface area (Å²) in [5.74, 6) is -6.06. The molecular formula is C69H55ClN6O20S2. The van der Waals surface area contributed by atoms with Crippen LogP contribution in [-0.2, 0) is 57.9 Å². The normalized spacial score (nSPS) is 19.6. The molecule has 4 atom stereocenters. The van der Waals surface area contributed by atoms with Crippen LogP contribution in [-0.4, -0.2) is 125 Å². The lowest BCUT2D eigenvalue weighted by atomic mass is 9.91. The molecule has 0 spiro atoms. The van der Waals surface area contributed by atoms with Gasteiger partial charge >= 0.3 is 29.3 Å². The van der Waals surface area contributed by atoms with Gasteiger partial charge in [0.15, 0.2) is 54.7 Å². The number of amides is 2. The highest BCUT2D eigenvalue weighted by atomic mass is 35.5. The maximum absolute atomic E-state index is 14.1. The number of carbonyl (C=O) groups excluding carboxylic acids is 6. The Bertz CT molecular complexity index is 4670. The van der Waals surface area contributed by atoms with Crippen molar-refractivity contribution >= 4 is 94.9 Å². The fourth-order valence-corrected chi connectivity index (χ4v) is 15.9. The molecule has 0 saturated carbocycles. The van der Waals surface area contributed by atoms with Crippen LogP contribution in [0, 0.1) is 20.2 Å². The largest absolute Gasteiger partial charge is 0.478 e. The molecular weight excluding hydrogens is 1330 g/mol. The lowest BCUT2D eigenvalue weighted by Gasteiger charge is -2.39. The number of hydrogen-bond acceptors (Lipinski definition) is 21. The topological polar surface area (TPSA) is 363 Å². The number of carbonyl (C=O) groups is 7. The summed E-state index contributed by atoms with van der Waals surface area (Å²) in [5.41, 5.74) is -0.476. The Labute approximate surface area is 563 Å². The maximum atomic E-state index is 14.1. The number of benzene rings is 6. The molecule has 29 heteroatoms. The van der Waals surface area contributed by atoms with Crippen molar-refractivity contribution in [1.29, 1.82) is 0 Å². The van der Waals surface area contributed by atoms with Crippen molar-refractivity contribution in [1.82, 2.24) is 19.8 Å². The fourth-order valence-electron chi connectivity index (χ4n) is 11.6. The predicted molar refractivity (Wildman–Crippen MR) is 350 cm³/mol. The fraction of sp³-hybridized carbons (Fsp3) is 0.174. The average Bonchev–Trinajstić information content (AvgIpc) is 1.52. The van der Waals surface area contributed by atoms with Crippen molar-refractivity contribution in [3.63, 3.8) is 0 Å². The van der Waals surface area contributed by atoms with Crippen LogP contribution in [0.1, 0.15) is 73.5 Å². The third-order valence-corrected chi connectivity index (χ3v) is 22.0. The van der Waals surface area contributed by atoms with Gasteiger partial charge in [0.2, 0.25) is 0 Å². The molecule has 98 heavy (non-hydrogen) atoms. The summed E-state index contributed by atoms with van der Waals surface area (Å²) in [7, 11) is -8.58. The Hall–Kier alpha value is -11.6. The molecule has 0 bridgehead atoms. The van der Waals surface area contributed by atoms with Gasteiger partial charge in [0.25, 0.3) is 23.2 Å². The minimum absolute atomic E-state index is 0.0327. The number of sulfone groups is 2. The highest BCUT2D eigenvalue weighted by Gasteiger charge is 2.73. The molecule has 4 saturated heterocycles. The number of aliphatic carboxylic acids is 1. The van der Waals surface area contributed by atoms with Gasteiger partial charge in [0.1, 0.15) is 21.0 Å². The molecule has 8 aromatic rings. The SMILES string of the molecule is CC1(C)[C@H](C(=O)OC(c2ccccc2)c2ccccc2)N2C(=O)/C(=C(\C(=O)O)c3ccccn3)[C@H]2S1(=O)=O.CC1(C)[C@H](C(=O)OC(c2ccccc2)c2ccccc2)N2C(=O)/C(=C(\C(=O)Oc3ccc([N+](=O)[O-])cc3)c3ccccn3)[C@H]2S1(=O)=O.O=C(Cl)Oc1ccc([N+](=O)[O-])cc1. The van der Waals surface area contributed by atoms with E-state index in [1.54, 1.807) is 115 Å². The molecule has 4 fully saturated rings.